The highest BCUT2D eigenvalue weighted by Crippen LogP contribution is 2.13. The third kappa shape index (κ3) is 2.03. The van der Waals surface area contributed by atoms with E-state index in [2.05, 4.69) is 4.99 Å². The molecule has 0 saturated heterocycles. The molecule has 2 heteroatoms. The monoisotopic (exact) mass is 146 g/mol. The highest BCUT2D eigenvalue weighted by molar-refractivity contribution is 5.50. The second-order valence-electron chi connectivity index (χ2n) is 2.09. The van der Waals surface area contributed by atoms with Gasteiger partial charge in [-0.2, -0.15) is 4.99 Å². The highest BCUT2D eigenvalue weighted by Gasteiger charge is 1.90. The molecule has 0 heterocycles. The second-order valence-corrected chi connectivity index (χ2v) is 2.09. The van der Waals surface area contributed by atoms with E-state index in [1.54, 1.807) is 6.07 Å². The Balaban J connectivity index is 3.00. The number of rotatable bonds is 2. The summed E-state index contributed by atoms with van der Waals surface area (Å²) in [4.78, 5) is 13.4. The predicted molar refractivity (Wildman–Crippen MR) is 43.3 cm³/mol. The molecule has 0 unspecified atom stereocenters. The van der Waals surface area contributed by atoms with Crippen molar-refractivity contribution in [1.82, 2.24) is 0 Å². The molecule has 0 aromatic heterocycles. The summed E-state index contributed by atoms with van der Waals surface area (Å²) >= 11 is 0. The molecule has 0 saturated carbocycles. The third-order valence-electron chi connectivity index (χ3n) is 1.38. The molecule has 1 aromatic rings. The molecule has 0 aliphatic heterocycles. The van der Waals surface area contributed by atoms with E-state index in [0.717, 1.165) is 5.56 Å². The van der Waals surface area contributed by atoms with E-state index < -0.39 is 0 Å². The maximum Gasteiger partial charge on any atom is 0.240 e. The molecular weight excluding hydrogens is 138 g/mol. The molecule has 1 aromatic carbocycles. The van der Waals surface area contributed by atoms with Gasteiger partial charge in [-0.25, -0.2) is 4.79 Å². The third-order valence-corrected chi connectivity index (χ3v) is 1.38. The Bertz CT molecular complexity index is 287. The standard InChI is InChI=1S/C9H8NO/c1-2-8-4-3-5-9(6-8)10-7-11/h2-6H,1H3. The molecule has 0 bridgehead atoms. The highest BCUT2D eigenvalue weighted by atomic mass is 16.1. The molecule has 11 heavy (non-hydrogen) atoms. The Morgan fingerprint density at radius 3 is 3.00 bits per heavy atom. The molecule has 0 atom stereocenters. The normalized spacial score (nSPS) is 8.82. The molecule has 0 amide bonds. The summed E-state index contributed by atoms with van der Waals surface area (Å²) in [6.45, 7) is 1.93. The van der Waals surface area contributed by atoms with Crippen LogP contribution in [0.3, 0.4) is 0 Å². The molecule has 0 fully saturated rings. The fourth-order valence-corrected chi connectivity index (χ4v) is 0.827. The van der Waals surface area contributed by atoms with E-state index in [1.165, 1.54) is 6.08 Å². The fourth-order valence-electron chi connectivity index (χ4n) is 0.827. The van der Waals surface area contributed by atoms with Crippen molar-refractivity contribution >= 4 is 11.8 Å². The van der Waals surface area contributed by atoms with Gasteiger partial charge in [0.15, 0.2) is 0 Å². The molecular formula is C9H8NO. The van der Waals surface area contributed by atoms with Gasteiger partial charge in [0.25, 0.3) is 0 Å². The van der Waals surface area contributed by atoms with Crippen molar-refractivity contribution < 1.29 is 4.79 Å². The lowest BCUT2D eigenvalue weighted by Gasteiger charge is -1.94. The lowest BCUT2D eigenvalue weighted by molar-refractivity contribution is 0.565. The Labute approximate surface area is 65.6 Å². The van der Waals surface area contributed by atoms with Crippen LogP contribution in [-0.4, -0.2) is 6.08 Å². The summed E-state index contributed by atoms with van der Waals surface area (Å²) in [6.07, 6.45) is 3.44. The summed E-state index contributed by atoms with van der Waals surface area (Å²) in [7, 11) is 0. The average Bonchev–Trinajstić information content (AvgIpc) is 2.06. The molecule has 0 spiro atoms. The molecule has 1 radical (unpaired) electrons. The predicted octanol–water partition coefficient (Wildman–Crippen LogP) is 2.23. The quantitative estimate of drug-likeness (QED) is 0.464. The molecule has 2 nitrogen and oxygen atoms in total. The first kappa shape index (κ1) is 7.70. The van der Waals surface area contributed by atoms with Crippen LogP contribution in [0.2, 0.25) is 0 Å². The summed E-state index contributed by atoms with van der Waals surface area (Å²) in [5.41, 5.74) is 1.71. The van der Waals surface area contributed by atoms with Crippen LogP contribution in [0, 0.1) is 6.42 Å². The van der Waals surface area contributed by atoms with E-state index in [-0.39, 0.29) is 0 Å². The Morgan fingerprint density at radius 1 is 1.55 bits per heavy atom. The van der Waals surface area contributed by atoms with Gasteiger partial charge in [0.2, 0.25) is 6.08 Å². The smallest absolute Gasteiger partial charge is 0.211 e. The van der Waals surface area contributed by atoms with Crippen molar-refractivity contribution in [2.45, 2.75) is 6.92 Å². The van der Waals surface area contributed by atoms with Gasteiger partial charge in [-0.3, -0.25) is 0 Å². The summed E-state index contributed by atoms with van der Waals surface area (Å²) in [5.74, 6) is 0. The average molecular weight is 146 g/mol. The van der Waals surface area contributed by atoms with E-state index in [4.69, 9.17) is 0 Å². The largest absolute Gasteiger partial charge is 0.240 e. The van der Waals surface area contributed by atoms with Crippen LogP contribution in [-0.2, 0) is 4.79 Å². The maximum atomic E-state index is 9.87. The van der Waals surface area contributed by atoms with Gasteiger partial charge >= 0.3 is 0 Å². The summed E-state index contributed by atoms with van der Waals surface area (Å²) in [5, 5.41) is 0. The van der Waals surface area contributed by atoms with E-state index >= 15 is 0 Å². The van der Waals surface area contributed by atoms with Gasteiger partial charge < -0.3 is 0 Å². The molecule has 55 valence electrons. The van der Waals surface area contributed by atoms with Gasteiger partial charge in [-0.15, -0.1) is 0 Å². The maximum absolute atomic E-state index is 9.87. The zero-order valence-electron chi connectivity index (χ0n) is 6.24. The van der Waals surface area contributed by atoms with Gasteiger partial charge in [0.1, 0.15) is 0 Å². The van der Waals surface area contributed by atoms with Gasteiger partial charge in [-0.05, 0) is 24.1 Å². The zero-order valence-corrected chi connectivity index (χ0v) is 6.24. The first-order valence-corrected chi connectivity index (χ1v) is 3.34. The lowest BCUT2D eigenvalue weighted by atomic mass is 10.1. The number of nitrogens with zero attached hydrogens (tertiary/aromatic N) is 1. The zero-order chi connectivity index (χ0) is 8.10. The van der Waals surface area contributed by atoms with Crippen molar-refractivity contribution in [2.75, 3.05) is 0 Å². The number of isocyanates is 1. The van der Waals surface area contributed by atoms with Crippen LogP contribution in [0.15, 0.2) is 29.3 Å². The first-order chi connectivity index (χ1) is 5.36. The minimum Gasteiger partial charge on any atom is -0.211 e. The number of hydrogen-bond donors (Lipinski definition) is 0. The van der Waals surface area contributed by atoms with Gasteiger partial charge in [-0.1, -0.05) is 19.1 Å². The van der Waals surface area contributed by atoms with E-state index in [9.17, 15) is 4.79 Å². The van der Waals surface area contributed by atoms with Crippen molar-refractivity contribution in [3.05, 3.63) is 36.2 Å². The topological polar surface area (TPSA) is 29.4 Å². The number of benzene rings is 1. The van der Waals surface area contributed by atoms with Crippen LogP contribution >= 0.6 is 0 Å². The van der Waals surface area contributed by atoms with Gasteiger partial charge in [0.05, 0.1) is 5.69 Å². The SMILES string of the molecule is C[CH]c1cccc(N=C=O)c1. The van der Waals surface area contributed by atoms with Crippen LogP contribution < -0.4 is 0 Å². The second kappa shape index (κ2) is 3.69. The van der Waals surface area contributed by atoms with Crippen molar-refractivity contribution in [3.63, 3.8) is 0 Å². The lowest BCUT2D eigenvalue weighted by Crippen LogP contribution is -1.74. The minimum atomic E-state index is 0.649. The van der Waals surface area contributed by atoms with Crippen molar-refractivity contribution in [1.29, 1.82) is 0 Å². The molecule has 0 aliphatic carbocycles. The fraction of sp³-hybridized carbons (Fsp3) is 0.111. The Kier molecular flexibility index (Phi) is 2.59. The number of carbonyl (C=O) groups excluding carboxylic acids is 1. The van der Waals surface area contributed by atoms with E-state index in [0.29, 0.717) is 5.69 Å². The summed E-state index contributed by atoms with van der Waals surface area (Å²) in [6, 6.07) is 7.39. The molecule has 0 aliphatic rings. The van der Waals surface area contributed by atoms with Crippen molar-refractivity contribution in [3.8, 4) is 0 Å². The number of aliphatic imine (C=N–C) groups is 1. The Hall–Kier alpha value is -1.40. The van der Waals surface area contributed by atoms with E-state index in [1.807, 2.05) is 31.5 Å². The van der Waals surface area contributed by atoms with Gasteiger partial charge in [0, 0.05) is 0 Å². The van der Waals surface area contributed by atoms with Crippen molar-refractivity contribution in [2.24, 2.45) is 4.99 Å². The Morgan fingerprint density at radius 2 is 2.36 bits per heavy atom. The van der Waals surface area contributed by atoms with Crippen LogP contribution in [0.1, 0.15) is 12.5 Å². The first-order valence-electron chi connectivity index (χ1n) is 3.34. The van der Waals surface area contributed by atoms with Crippen LogP contribution in [0.25, 0.3) is 0 Å². The summed E-state index contributed by atoms with van der Waals surface area (Å²) < 4.78 is 0. The molecule has 1 rings (SSSR count). The number of hydrogen-bond acceptors (Lipinski definition) is 2. The minimum absolute atomic E-state index is 0.649. The van der Waals surface area contributed by atoms with Crippen LogP contribution in [0.4, 0.5) is 5.69 Å². The van der Waals surface area contributed by atoms with Crippen LogP contribution in [0.5, 0.6) is 0 Å². The molecule has 0 N–H and O–H groups in total.